The zero-order valence-electron chi connectivity index (χ0n) is 15.7. The second-order valence-electron chi connectivity index (χ2n) is 7.14. The maximum atomic E-state index is 12.4. The van der Waals surface area contributed by atoms with Crippen LogP contribution in [-0.2, 0) is 31.7 Å². The van der Waals surface area contributed by atoms with E-state index in [1.165, 1.54) is 0 Å². The number of sulfone groups is 1. The lowest BCUT2D eigenvalue weighted by atomic mass is 9.97. The number of carboxylic acids is 1. The summed E-state index contributed by atoms with van der Waals surface area (Å²) < 4.78 is 24.9. The fourth-order valence-corrected chi connectivity index (χ4v) is 3.61. The minimum absolute atomic E-state index is 0.0282. The van der Waals surface area contributed by atoms with Crippen molar-refractivity contribution in [2.75, 3.05) is 12.8 Å². The summed E-state index contributed by atoms with van der Waals surface area (Å²) in [6.07, 6.45) is 1.57. The van der Waals surface area contributed by atoms with Gasteiger partial charge in [-0.15, -0.1) is 0 Å². The van der Waals surface area contributed by atoms with Crippen molar-refractivity contribution in [1.82, 2.24) is 14.9 Å². The monoisotopic (exact) mass is 395 g/mol. The van der Waals surface area contributed by atoms with E-state index in [1.807, 2.05) is 13.8 Å². The highest BCUT2D eigenvalue weighted by atomic mass is 32.2. The van der Waals surface area contributed by atoms with Crippen LogP contribution in [-0.4, -0.2) is 47.8 Å². The SMILES string of the molecule is CC(C)CC(CNC(=O)Cn1c(CS(C)(=O)=O)nc2ccccc21)C(=O)O. The number of nitrogens with one attached hydrogen (secondary N) is 1. The van der Waals surface area contributed by atoms with E-state index in [2.05, 4.69) is 10.3 Å². The van der Waals surface area contributed by atoms with Crippen molar-refractivity contribution >= 4 is 32.7 Å². The molecule has 0 spiro atoms. The number of carboxylic acid groups (broad SMARTS) is 1. The van der Waals surface area contributed by atoms with Gasteiger partial charge in [-0.1, -0.05) is 26.0 Å². The molecule has 0 aliphatic heterocycles. The van der Waals surface area contributed by atoms with E-state index in [4.69, 9.17) is 0 Å². The second kappa shape index (κ2) is 8.51. The average Bonchev–Trinajstić information content (AvgIpc) is 2.86. The molecule has 2 rings (SSSR count). The summed E-state index contributed by atoms with van der Waals surface area (Å²) in [7, 11) is -3.33. The lowest BCUT2D eigenvalue weighted by Gasteiger charge is -2.16. The van der Waals surface area contributed by atoms with Gasteiger partial charge in [0, 0.05) is 12.8 Å². The zero-order valence-corrected chi connectivity index (χ0v) is 16.5. The lowest BCUT2D eigenvalue weighted by molar-refractivity contribution is -0.142. The molecule has 148 valence electrons. The number of benzene rings is 1. The summed E-state index contributed by atoms with van der Waals surface area (Å²) in [5.41, 5.74) is 1.26. The molecule has 0 saturated heterocycles. The molecule has 8 nitrogen and oxygen atoms in total. The van der Waals surface area contributed by atoms with Gasteiger partial charge in [0.05, 0.1) is 17.0 Å². The number of hydrogen-bond donors (Lipinski definition) is 2. The summed E-state index contributed by atoms with van der Waals surface area (Å²) in [5.74, 6) is -1.80. The van der Waals surface area contributed by atoms with Gasteiger partial charge in [-0.25, -0.2) is 13.4 Å². The number of imidazole rings is 1. The highest BCUT2D eigenvalue weighted by molar-refractivity contribution is 7.89. The number of hydrogen-bond acceptors (Lipinski definition) is 5. The van der Waals surface area contributed by atoms with Gasteiger partial charge in [0.2, 0.25) is 5.91 Å². The maximum Gasteiger partial charge on any atom is 0.308 e. The Labute approximate surface area is 158 Å². The molecule has 1 atom stereocenters. The summed E-state index contributed by atoms with van der Waals surface area (Å²) in [5, 5.41) is 11.9. The normalized spacial score (nSPS) is 13.0. The molecule has 0 aliphatic carbocycles. The highest BCUT2D eigenvalue weighted by Crippen LogP contribution is 2.18. The fourth-order valence-electron chi connectivity index (χ4n) is 2.92. The van der Waals surface area contributed by atoms with Crippen molar-refractivity contribution in [2.24, 2.45) is 11.8 Å². The van der Waals surface area contributed by atoms with Crippen LogP contribution in [0.15, 0.2) is 24.3 Å². The fraction of sp³-hybridized carbons (Fsp3) is 0.500. The van der Waals surface area contributed by atoms with E-state index in [0.717, 1.165) is 6.26 Å². The molecule has 1 aromatic heterocycles. The van der Waals surface area contributed by atoms with Crippen LogP contribution >= 0.6 is 0 Å². The summed E-state index contributed by atoms with van der Waals surface area (Å²) in [4.78, 5) is 28.0. The number of aromatic nitrogens is 2. The number of fused-ring (bicyclic) bond motifs is 1. The first-order chi connectivity index (χ1) is 12.6. The number of aliphatic carboxylic acids is 1. The molecule has 1 heterocycles. The summed E-state index contributed by atoms with van der Waals surface area (Å²) >= 11 is 0. The molecule has 1 amide bonds. The highest BCUT2D eigenvalue weighted by Gasteiger charge is 2.21. The minimum Gasteiger partial charge on any atom is -0.481 e. The Morgan fingerprint density at radius 1 is 1.26 bits per heavy atom. The summed E-state index contributed by atoms with van der Waals surface area (Å²) in [6.45, 7) is 3.75. The number of carbonyl (C=O) groups is 2. The lowest BCUT2D eigenvalue weighted by Crippen LogP contribution is -2.35. The Balaban J connectivity index is 2.18. The average molecular weight is 395 g/mol. The number of carbonyl (C=O) groups excluding carboxylic acids is 1. The topological polar surface area (TPSA) is 118 Å². The van der Waals surface area contributed by atoms with E-state index < -0.39 is 21.7 Å². The van der Waals surface area contributed by atoms with Crippen molar-refractivity contribution in [3.8, 4) is 0 Å². The largest absolute Gasteiger partial charge is 0.481 e. The molecule has 1 unspecified atom stereocenters. The van der Waals surface area contributed by atoms with Gasteiger partial charge in [-0.3, -0.25) is 9.59 Å². The first-order valence-electron chi connectivity index (χ1n) is 8.68. The molecule has 9 heteroatoms. The van der Waals surface area contributed by atoms with Crippen molar-refractivity contribution in [2.45, 2.75) is 32.6 Å². The Kier molecular flexibility index (Phi) is 6.59. The van der Waals surface area contributed by atoms with Gasteiger partial charge in [0.1, 0.15) is 18.1 Å². The van der Waals surface area contributed by atoms with Gasteiger partial charge in [-0.2, -0.15) is 0 Å². The van der Waals surface area contributed by atoms with Crippen molar-refractivity contribution in [1.29, 1.82) is 0 Å². The van der Waals surface area contributed by atoms with Crippen molar-refractivity contribution < 1.29 is 23.1 Å². The molecule has 0 bridgehead atoms. The van der Waals surface area contributed by atoms with Crippen LogP contribution in [0.25, 0.3) is 11.0 Å². The van der Waals surface area contributed by atoms with Gasteiger partial charge >= 0.3 is 5.97 Å². The van der Waals surface area contributed by atoms with Gasteiger partial charge in [0.15, 0.2) is 9.84 Å². The van der Waals surface area contributed by atoms with Crippen LogP contribution in [0, 0.1) is 11.8 Å². The molecule has 0 radical (unpaired) electrons. The number of nitrogens with zero attached hydrogens (tertiary/aromatic N) is 2. The van der Waals surface area contributed by atoms with Gasteiger partial charge < -0.3 is 15.0 Å². The van der Waals surface area contributed by atoms with Crippen LogP contribution in [0.5, 0.6) is 0 Å². The maximum absolute atomic E-state index is 12.4. The minimum atomic E-state index is -3.33. The Bertz CT molecular complexity index is 934. The first kappa shape index (κ1) is 20.9. The second-order valence-corrected chi connectivity index (χ2v) is 9.28. The molecule has 27 heavy (non-hydrogen) atoms. The smallest absolute Gasteiger partial charge is 0.308 e. The molecular weight excluding hydrogens is 370 g/mol. The van der Waals surface area contributed by atoms with Crippen LogP contribution in [0.1, 0.15) is 26.1 Å². The Hall–Kier alpha value is -2.42. The van der Waals surface area contributed by atoms with Gasteiger partial charge in [0.25, 0.3) is 0 Å². The molecule has 2 aromatic rings. The summed E-state index contributed by atoms with van der Waals surface area (Å²) in [6, 6.07) is 7.08. The Morgan fingerprint density at radius 3 is 2.52 bits per heavy atom. The van der Waals surface area contributed by atoms with E-state index in [-0.39, 0.29) is 36.5 Å². The number of rotatable bonds is 9. The van der Waals surface area contributed by atoms with Crippen LogP contribution < -0.4 is 5.32 Å². The van der Waals surface area contributed by atoms with E-state index >= 15 is 0 Å². The van der Waals surface area contributed by atoms with Crippen LogP contribution in [0.4, 0.5) is 0 Å². The third-order valence-corrected chi connectivity index (χ3v) is 4.86. The Morgan fingerprint density at radius 2 is 1.93 bits per heavy atom. The van der Waals surface area contributed by atoms with E-state index in [1.54, 1.807) is 28.8 Å². The van der Waals surface area contributed by atoms with Crippen LogP contribution in [0.2, 0.25) is 0 Å². The first-order valence-corrected chi connectivity index (χ1v) is 10.7. The van der Waals surface area contributed by atoms with Crippen molar-refractivity contribution in [3.05, 3.63) is 30.1 Å². The number of amides is 1. The van der Waals surface area contributed by atoms with Crippen LogP contribution in [0.3, 0.4) is 0 Å². The van der Waals surface area contributed by atoms with Crippen molar-refractivity contribution in [3.63, 3.8) is 0 Å². The van der Waals surface area contributed by atoms with E-state index in [9.17, 15) is 23.1 Å². The predicted octanol–water partition coefficient (Wildman–Crippen LogP) is 1.44. The van der Waals surface area contributed by atoms with Gasteiger partial charge in [-0.05, 0) is 24.5 Å². The van der Waals surface area contributed by atoms with E-state index in [0.29, 0.717) is 17.5 Å². The predicted molar refractivity (Wildman–Crippen MR) is 102 cm³/mol. The quantitative estimate of drug-likeness (QED) is 0.663. The molecule has 0 saturated carbocycles. The number of para-hydroxylation sites is 2. The molecule has 0 aliphatic rings. The zero-order chi connectivity index (χ0) is 20.2. The third-order valence-electron chi connectivity index (χ3n) is 4.08. The standard InChI is InChI=1S/C18H25N3O5S/c1-12(2)8-13(18(23)24)9-19-17(22)10-21-15-7-5-4-6-14(15)20-16(21)11-27(3,25)26/h4-7,12-13H,8-11H2,1-3H3,(H,19,22)(H,23,24). The molecular formula is C18H25N3O5S. The molecule has 1 aromatic carbocycles. The third kappa shape index (κ3) is 6.06. The molecule has 0 fully saturated rings. The molecule has 2 N–H and O–H groups in total.